The molecule has 0 bridgehead atoms. The summed E-state index contributed by atoms with van der Waals surface area (Å²) in [6.07, 6.45) is -3.43. The minimum atomic E-state index is -4.69. The molecule has 1 amide bonds. The Labute approximate surface area is 152 Å². The smallest absolute Gasteiger partial charge is 0.438 e. The monoisotopic (exact) mass is 373 g/mol. The van der Waals surface area contributed by atoms with Gasteiger partial charge in [0.1, 0.15) is 5.75 Å². The third-order valence-electron chi connectivity index (χ3n) is 4.24. The maximum atomic E-state index is 13.1. The molecule has 2 heterocycles. The van der Waals surface area contributed by atoms with Gasteiger partial charge in [-0.2, -0.15) is 18.2 Å². The lowest BCUT2D eigenvalue weighted by Gasteiger charge is -2.17. The van der Waals surface area contributed by atoms with Gasteiger partial charge in [0.15, 0.2) is 0 Å². The van der Waals surface area contributed by atoms with Crippen LogP contribution in [-0.4, -0.2) is 22.4 Å². The molecule has 1 aliphatic heterocycles. The van der Waals surface area contributed by atoms with Crippen LogP contribution in [0.5, 0.6) is 11.6 Å². The fraction of sp³-hybridized carbons (Fsp3) is 0.211. The minimum absolute atomic E-state index is 0.0130. The number of para-hydroxylation sites is 1. The van der Waals surface area contributed by atoms with Crippen molar-refractivity contribution in [3.8, 4) is 11.6 Å². The van der Waals surface area contributed by atoms with Gasteiger partial charge in [-0.1, -0.05) is 18.2 Å². The average Bonchev–Trinajstić information content (AvgIpc) is 3.07. The van der Waals surface area contributed by atoms with Gasteiger partial charge in [-0.25, -0.2) is 4.98 Å². The number of rotatable bonds is 3. The Kier molecular flexibility index (Phi) is 4.18. The van der Waals surface area contributed by atoms with Crippen molar-refractivity contribution in [3.63, 3.8) is 0 Å². The Hall–Kier alpha value is -3.16. The molecule has 0 N–H and O–H groups in total. The summed E-state index contributed by atoms with van der Waals surface area (Å²) in [5, 5.41) is 0.369. The van der Waals surface area contributed by atoms with Gasteiger partial charge >= 0.3 is 6.18 Å². The van der Waals surface area contributed by atoms with Crippen LogP contribution >= 0.6 is 0 Å². The van der Waals surface area contributed by atoms with Crippen LogP contribution < -0.4 is 9.64 Å². The third-order valence-corrected chi connectivity index (χ3v) is 4.24. The highest BCUT2D eigenvalue weighted by molar-refractivity contribution is 5.95. The van der Waals surface area contributed by atoms with Crippen molar-refractivity contribution in [2.75, 3.05) is 11.4 Å². The van der Waals surface area contributed by atoms with E-state index in [9.17, 15) is 18.0 Å². The lowest BCUT2D eigenvalue weighted by atomic mass is 10.2. The van der Waals surface area contributed by atoms with E-state index in [-0.39, 0.29) is 17.3 Å². The van der Waals surface area contributed by atoms with E-state index in [4.69, 9.17) is 4.74 Å². The third kappa shape index (κ3) is 3.42. The Morgan fingerprint density at radius 1 is 1.04 bits per heavy atom. The molecule has 1 saturated heterocycles. The van der Waals surface area contributed by atoms with Crippen molar-refractivity contribution in [2.24, 2.45) is 0 Å². The molecule has 0 radical (unpaired) electrons. The van der Waals surface area contributed by atoms with Crippen LogP contribution in [0.15, 0.2) is 48.5 Å². The fourth-order valence-corrected chi connectivity index (χ4v) is 3.00. The lowest BCUT2D eigenvalue weighted by Crippen LogP contribution is -2.23. The van der Waals surface area contributed by atoms with Gasteiger partial charge in [0.2, 0.25) is 17.6 Å². The summed E-state index contributed by atoms with van der Waals surface area (Å²) in [7, 11) is 0. The van der Waals surface area contributed by atoms with E-state index in [0.717, 1.165) is 6.42 Å². The summed E-state index contributed by atoms with van der Waals surface area (Å²) < 4.78 is 45.0. The molecule has 138 valence electrons. The molecule has 8 heteroatoms. The zero-order chi connectivity index (χ0) is 19.0. The number of fused-ring (bicyclic) bond motifs is 1. The van der Waals surface area contributed by atoms with Crippen molar-refractivity contribution >= 4 is 22.5 Å². The van der Waals surface area contributed by atoms with Crippen molar-refractivity contribution in [1.82, 2.24) is 9.97 Å². The van der Waals surface area contributed by atoms with Gasteiger partial charge in [-0.3, -0.25) is 4.79 Å². The summed E-state index contributed by atoms with van der Waals surface area (Å²) in [4.78, 5) is 20.7. The van der Waals surface area contributed by atoms with Crippen LogP contribution in [0.2, 0.25) is 0 Å². The Bertz CT molecular complexity index is 1020. The number of aromatic nitrogens is 2. The number of hydrogen-bond donors (Lipinski definition) is 0. The molecule has 5 nitrogen and oxygen atoms in total. The molecule has 0 spiro atoms. The minimum Gasteiger partial charge on any atom is -0.438 e. The molecule has 1 aromatic heterocycles. The summed E-state index contributed by atoms with van der Waals surface area (Å²) in [6.45, 7) is 0.608. The van der Waals surface area contributed by atoms with Crippen LogP contribution in [0, 0.1) is 0 Å². The van der Waals surface area contributed by atoms with Gasteiger partial charge in [0.25, 0.3) is 0 Å². The van der Waals surface area contributed by atoms with E-state index >= 15 is 0 Å². The first kappa shape index (κ1) is 17.3. The molecule has 0 atom stereocenters. The summed E-state index contributed by atoms with van der Waals surface area (Å²) in [5.74, 6) is -1.14. The number of alkyl halides is 3. The first-order valence-corrected chi connectivity index (χ1v) is 8.34. The van der Waals surface area contributed by atoms with Crippen molar-refractivity contribution in [2.45, 2.75) is 19.0 Å². The predicted molar refractivity (Wildman–Crippen MR) is 92.6 cm³/mol. The molecule has 27 heavy (non-hydrogen) atoms. The second-order valence-corrected chi connectivity index (χ2v) is 6.12. The number of carbonyl (C=O) groups excluding carboxylic acids is 1. The molecule has 0 saturated carbocycles. The molecular formula is C19H14F3N3O2. The quantitative estimate of drug-likeness (QED) is 0.675. The van der Waals surface area contributed by atoms with Gasteiger partial charge in [0, 0.05) is 24.7 Å². The summed E-state index contributed by atoms with van der Waals surface area (Å²) in [5.41, 5.74) is 0.783. The number of anilines is 1. The summed E-state index contributed by atoms with van der Waals surface area (Å²) in [6, 6.07) is 13.0. The van der Waals surface area contributed by atoms with Crippen molar-refractivity contribution < 1.29 is 22.7 Å². The maximum Gasteiger partial charge on any atom is 0.451 e. The van der Waals surface area contributed by atoms with Crippen LogP contribution in [0.1, 0.15) is 18.7 Å². The standard InChI is InChI=1S/C19H14F3N3O2/c20-19(21,22)18-23-15-8-2-1-7-14(15)17(24-18)27-13-6-3-5-12(11-13)25-10-4-9-16(25)26/h1-3,5-8,11H,4,9-10H2. The second kappa shape index (κ2) is 6.53. The lowest BCUT2D eigenvalue weighted by molar-refractivity contribution is -0.144. The topological polar surface area (TPSA) is 55.3 Å². The maximum absolute atomic E-state index is 13.1. The van der Waals surface area contributed by atoms with Gasteiger partial charge in [-0.15, -0.1) is 0 Å². The molecule has 1 fully saturated rings. The van der Waals surface area contributed by atoms with Crippen LogP contribution in [0.4, 0.5) is 18.9 Å². The molecule has 1 aliphatic rings. The zero-order valence-electron chi connectivity index (χ0n) is 14.0. The van der Waals surface area contributed by atoms with E-state index in [1.54, 1.807) is 47.4 Å². The van der Waals surface area contributed by atoms with Crippen LogP contribution in [-0.2, 0) is 11.0 Å². The largest absolute Gasteiger partial charge is 0.451 e. The van der Waals surface area contributed by atoms with Gasteiger partial charge in [0.05, 0.1) is 10.9 Å². The van der Waals surface area contributed by atoms with Crippen molar-refractivity contribution in [1.29, 1.82) is 0 Å². The highest BCUT2D eigenvalue weighted by Crippen LogP contribution is 2.34. The second-order valence-electron chi connectivity index (χ2n) is 6.12. The Morgan fingerprint density at radius 2 is 1.85 bits per heavy atom. The number of carbonyl (C=O) groups is 1. The van der Waals surface area contributed by atoms with E-state index in [1.807, 2.05) is 0 Å². The first-order chi connectivity index (χ1) is 12.9. The van der Waals surface area contributed by atoms with E-state index < -0.39 is 12.0 Å². The van der Waals surface area contributed by atoms with Crippen LogP contribution in [0.25, 0.3) is 10.9 Å². The van der Waals surface area contributed by atoms with E-state index in [1.165, 1.54) is 6.07 Å². The molecular weight excluding hydrogens is 359 g/mol. The number of nitrogens with zero attached hydrogens (tertiary/aromatic N) is 3. The zero-order valence-corrected chi connectivity index (χ0v) is 14.0. The average molecular weight is 373 g/mol. The Morgan fingerprint density at radius 3 is 2.59 bits per heavy atom. The molecule has 3 aromatic rings. The molecule has 0 aliphatic carbocycles. The van der Waals surface area contributed by atoms with Gasteiger partial charge in [-0.05, 0) is 30.7 Å². The highest BCUT2D eigenvalue weighted by atomic mass is 19.4. The molecule has 4 rings (SSSR count). The number of ether oxygens (including phenoxy) is 1. The summed E-state index contributed by atoms with van der Waals surface area (Å²) >= 11 is 0. The number of benzene rings is 2. The fourth-order valence-electron chi connectivity index (χ4n) is 3.00. The van der Waals surface area contributed by atoms with Crippen molar-refractivity contribution in [3.05, 3.63) is 54.4 Å². The Balaban J connectivity index is 1.74. The van der Waals surface area contributed by atoms with E-state index in [0.29, 0.717) is 29.8 Å². The number of halogens is 3. The number of hydrogen-bond acceptors (Lipinski definition) is 4. The first-order valence-electron chi connectivity index (χ1n) is 8.34. The highest BCUT2D eigenvalue weighted by Gasteiger charge is 2.36. The van der Waals surface area contributed by atoms with Gasteiger partial charge < -0.3 is 9.64 Å². The normalized spacial score (nSPS) is 14.8. The molecule has 2 aromatic carbocycles. The predicted octanol–water partition coefficient (Wildman–Crippen LogP) is 4.57. The van der Waals surface area contributed by atoms with E-state index in [2.05, 4.69) is 9.97 Å². The molecule has 0 unspecified atom stereocenters. The number of amides is 1. The SMILES string of the molecule is O=C1CCCN1c1cccc(Oc2nc(C(F)(F)F)nc3ccccc23)c1. The van der Waals surface area contributed by atoms with Crippen LogP contribution in [0.3, 0.4) is 0 Å².